The predicted molar refractivity (Wildman–Crippen MR) is 233 cm³/mol. The summed E-state index contributed by atoms with van der Waals surface area (Å²) in [5, 5.41) is 16.0. The second-order valence-electron chi connectivity index (χ2n) is 14.2. The van der Waals surface area contributed by atoms with Crippen molar-refractivity contribution in [2.24, 2.45) is 0 Å². The summed E-state index contributed by atoms with van der Waals surface area (Å²) in [4.78, 5) is 17.7. The van der Waals surface area contributed by atoms with Gasteiger partial charge in [0.15, 0.2) is 0 Å². The van der Waals surface area contributed by atoms with E-state index >= 15 is 0 Å². The lowest BCUT2D eigenvalue weighted by molar-refractivity contribution is 1.17. The molecule has 0 saturated heterocycles. The fourth-order valence-electron chi connectivity index (χ4n) is 8.81. The molecule has 11 aromatic rings. The van der Waals surface area contributed by atoms with Crippen LogP contribution in [0.25, 0.3) is 99.5 Å². The lowest BCUT2D eigenvalue weighted by Gasteiger charge is -2.27. The summed E-state index contributed by atoms with van der Waals surface area (Å²) in [5.74, 6) is 0. The van der Waals surface area contributed by atoms with Crippen LogP contribution >= 0.6 is 0 Å². The number of para-hydroxylation sites is 3. The van der Waals surface area contributed by atoms with Crippen molar-refractivity contribution in [3.63, 3.8) is 0 Å². The molecule has 0 aliphatic carbocycles. The van der Waals surface area contributed by atoms with Crippen molar-refractivity contribution in [2.75, 3.05) is 0 Å². The standard InChI is InChI=1S/C51H31N7/c52-32-42-47(33-14-22-53-23-15-33)49(35-18-26-55-27-19-35)51(50(36-20-28-56-29-21-36)48(42)34-16-24-54-25-17-34)58-44-13-7-5-11-39(44)41-30-45-40(31-46(41)58)38-10-4-6-12-43(38)57(45)37-8-2-1-3-9-37/h1-31H. The summed E-state index contributed by atoms with van der Waals surface area (Å²) in [6, 6.07) is 51.3. The average molecular weight is 742 g/mol. The molecule has 11 rings (SSSR count). The molecule has 58 heavy (non-hydrogen) atoms. The van der Waals surface area contributed by atoms with Gasteiger partial charge in [-0.3, -0.25) is 19.9 Å². The van der Waals surface area contributed by atoms with Crippen LogP contribution in [0.5, 0.6) is 0 Å². The Morgan fingerprint density at radius 1 is 0.362 bits per heavy atom. The van der Waals surface area contributed by atoms with Crippen molar-refractivity contribution in [1.82, 2.24) is 29.1 Å². The molecule has 0 spiro atoms. The van der Waals surface area contributed by atoms with Gasteiger partial charge in [-0.2, -0.15) is 5.26 Å². The van der Waals surface area contributed by atoms with Crippen molar-refractivity contribution < 1.29 is 0 Å². The quantitative estimate of drug-likeness (QED) is 0.169. The molecule has 6 heterocycles. The highest BCUT2D eigenvalue weighted by Crippen LogP contribution is 2.52. The number of rotatable bonds is 6. The Balaban J connectivity index is 1.42. The van der Waals surface area contributed by atoms with Gasteiger partial charge in [-0.05, 0) is 107 Å². The van der Waals surface area contributed by atoms with E-state index in [1.54, 1.807) is 24.8 Å². The van der Waals surface area contributed by atoms with Gasteiger partial charge in [-0.1, -0.05) is 54.6 Å². The minimum atomic E-state index is 0.550. The van der Waals surface area contributed by atoms with Crippen molar-refractivity contribution >= 4 is 43.6 Å². The van der Waals surface area contributed by atoms with E-state index in [2.05, 4.69) is 126 Å². The Kier molecular flexibility index (Phi) is 7.73. The van der Waals surface area contributed by atoms with E-state index in [0.29, 0.717) is 5.56 Å². The first-order valence-electron chi connectivity index (χ1n) is 19.1. The Labute approximate surface area is 333 Å². The fraction of sp³-hybridized carbons (Fsp3) is 0. The molecule has 0 amide bonds. The summed E-state index contributed by atoms with van der Waals surface area (Å²) in [7, 11) is 0. The summed E-state index contributed by atoms with van der Waals surface area (Å²) < 4.78 is 4.78. The maximum absolute atomic E-state index is 11.4. The third kappa shape index (κ3) is 5.06. The highest BCUT2D eigenvalue weighted by Gasteiger charge is 2.31. The maximum atomic E-state index is 11.4. The van der Waals surface area contributed by atoms with E-state index in [1.165, 1.54) is 5.39 Å². The Morgan fingerprint density at radius 2 is 0.741 bits per heavy atom. The number of fused-ring (bicyclic) bond motifs is 6. The van der Waals surface area contributed by atoms with Crippen molar-refractivity contribution in [1.29, 1.82) is 5.26 Å². The van der Waals surface area contributed by atoms with Gasteiger partial charge < -0.3 is 9.13 Å². The zero-order valence-electron chi connectivity index (χ0n) is 31.0. The smallest absolute Gasteiger partial charge is 0.100 e. The average Bonchev–Trinajstić information content (AvgIpc) is 3.80. The summed E-state index contributed by atoms with van der Waals surface area (Å²) >= 11 is 0. The predicted octanol–water partition coefficient (Wildman–Crippen LogP) is 12.0. The molecule has 7 nitrogen and oxygen atoms in total. The van der Waals surface area contributed by atoms with Crippen LogP contribution in [0.3, 0.4) is 0 Å². The van der Waals surface area contributed by atoms with Crippen LogP contribution in [0.2, 0.25) is 0 Å². The SMILES string of the molecule is N#Cc1c(-c2ccncc2)c(-c2ccncc2)c(-n2c3ccccc3c3cc4c(cc32)c2ccccc2n4-c2ccccc2)c(-c2ccncc2)c1-c1ccncc1. The monoisotopic (exact) mass is 741 g/mol. The lowest BCUT2D eigenvalue weighted by Crippen LogP contribution is -2.07. The molecule has 0 saturated carbocycles. The topological polar surface area (TPSA) is 85.2 Å². The minimum absolute atomic E-state index is 0.550. The zero-order chi connectivity index (χ0) is 38.6. The van der Waals surface area contributed by atoms with Gasteiger partial charge in [0.05, 0.1) is 33.3 Å². The summed E-state index contributed by atoms with van der Waals surface area (Å²) in [6.45, 7) is 0. The molecule has 0 aliphatic rings. The Hall–Kier alpha value is -8.21. The first kappa shape index (κ1) is 33.2. The van der Waals surface area contributed by atoms with Crippen LogP contribution in [0.1, 0.15) is 5.56 Å². The van der Waals surface area contributed by atoms with Crippen LogP contribution in [-0.2, 0) is 0 Å². The molecule has 0 bridgehead atoms. The van der Waals surface area contributed by atoms with Crippen LogP contribution < -0.4 is 0 Å². The fourth-order valence-corrected chi connectivity index (χ4v) is 8.81. The summed E-state index contributed by atoms with van der Waals surface area (Å²) in [6.07, 6.45) is 14.4. The number of aromatic nitrogens is 6. The third-order valence-corrected chi connectivity index (χ3v) is 11.2. The van der Waals surface area contributed by atoms with Gasteiger partial charge in [-0.15, -0.1) is 0 Å². The van der Waals surface area contributed by atoms with Crippen LogP contribution in [0.15, 0.2) is 189 Å². The number of hydrogen-bond acceptors (Lipinski definition) is 5. The number of benzene rings is 5. The normalized spacial score (nSPS) is 11.4. The molecule has 270 valence electrons. The molecule has 7 heteroatoms. The van der Waals surface area contributed by atoms with E-state index in [4.69, 9.17) is 0 Å². The van der Waals surface area contributed by atoms with E-state index in [0.717, 1.165) is 94.1 Å². The van der Waals surface area contributed by atoms with Crippen LogP contribution in [0.4, 0.5) is 0 Å². The molecule has 6 aromatic heterocycles. The number of nitrogens with zero attached hydrogens (tertiary/aromatic N) is 7. The molecule has 0 fully saturated rings. The Bertz CT molecular complexity index is 3260. The number of pyridine rings is 4. The third-order valence-electron chi connectivity index (χ3n) is 11.2. The van der Waals surface area contributed by atoms with E-state index in [1.807, 2.05) is 73.3 Å². The van der Waals surface area contributed by atoms with Crippen molar-refractivity contribution in [3.05, 3.63) is 195 Å². The first-order valence-corrected chi connectivity index (χ1v) is 19.1. The van der Waals surface area contributed by atoms with Crippen molar-refractivity contribution in [2.45, 2.75) is 0 Å². The lowest BCUT2D eigenvalue weighted by atomic mass is 9.80. The highest BCUT2D eigenvalue weighted by molar-refractivity contribution is 6.20. The van der Waals surface area contributed by atoms with E-state index in [-0.39, 0.29) is 0 Å². The number of hydrogen-bond donors (Lipinski definition) is 0. The van der Waals surface area contributed by atoms with E-state index < -0.39 is 0 Å². The van der Waals surface area contributed by atoms with Gasteiger partial charge in [-0.25, -0.2) is 0 Å². The molecule has 0 N–H and O–H groups in total. The molecular weight excluding hydrogens is 711 g/mol. The molecule has 0 radical (unpaired) electrons. The molecule has 0 aliphatic heterocycles. The summed E-state index contributed by atoms with van der Waals surface area (Å²) in [5.41, 5.74) is 14.0. The second-order valence-corrected chi connectivity index (χ2v) is 14.2. The van der Waals surface area contributed by atoms with Gasteiger partial charge in [0.2, 0.25) is 0 Å². The van der Waals surface area contributed by atoms with Gasteiger partial charge in [0.25, 0.3) is 0 Å². The first-order chi connectivity index (χ1) is 28.8. The second kappa shape index (κ2) is 13.5. The van der Waals surface area contributed by atoms with Crippen molar-refractivity contribution in [3.8, 4) is 62.0 Å². The minimum Gasteiger partial charge on any atom is -0.309 e. The van der Waals surface area contributed by atoms with E-state index in [9.17, 15) is 5.26 Å². The van der Waals surface area contributed by atoms with Crippen LogP contribution in [0, 0.1) is 11.3 Å². The largest absolute Gasteiger partial charge is 0.309 e. The molecule has 0 unspecified atom stereocenters. The number of nitriles is 1. The van der Waals surface area contributed by atoms with Gasteiger partial charge in [0.1, 0.15) is 6.07 Å². The maximum Gasteiger partial charge on any atom is 0.100 e. The van der Waals surface area contributed by atoms with Crippen LogP contribution in [-0.4, -0.2) is 29.1 Å². The zero-order valence-corrected chi connectivity index (χ0v) is 31.0. The Morgan fingerprint density at radius 3 is 1.19 bits per heavy atom. The molecule has 0 atom stereocenters. The highest BCUT2D eigenvalue weighted by atomic mass is 15.0. The molecule has 5 aromatic carbocycles. The molecular formula is C51H31N7. The van der Waals surface area contributed by atoms with Gasteiger partial charge in [0, 0.05) is 99.1 Å². The van der Waals surface area contributed by atoms with Gasteiger partial charge >= 0.3 is 0 Å².